The Morgan fingerprint density at radius 3 is 2.62 bits per heavy atom. The van der Waals surface area contributed by atoms with Crippen LogP contribution in [-0.4, -0.2) is 21.6 Å². The Labute approximate surface area is 125 Å². The van der Waals surface area contributed by atoms with Gasteiger partial charge >= 0.3 is 0 Å². The van der Waals surface area contributed by atoms with Gasteiger partial charge in [-0.2, -0.15) is 0 Å². The van der Waals surface area contributed by atoms with Gasteiger partial charge in [0.2, 0.25) is 5.95 Å². The minimum absolute atomic E-state index is 0.305. The molecule has 0 saturated heterocycles. The lowest BCUT2D eigenvalue weighted by atomic mass is 10.0. The first-order valence-electron chi connectivity index (χ1n) is 7.66. The van der Waals surface area contributed by atoms with Crippen LogP contribution in [0, 0.1) is 0 Å². The van der Waals surface area contributed by atoms with Crippen molar-refractivity contribution in [2.24, 2.45) is 0 Å². The number of phenolic OH excluding ortho intramolecular Hbond substituents is 1. The maximum absolute atomic E-state index is 9.26. The standard InChI is InChI=1S/C17H21N3O/c21-15-7-5-13(6-8-15)9-11-18-17-19-12-10-16(20-17)14-3-1-2-4-14/h5-8,10,12,14,21H,1-4,9,11H2,(H,18,19,20). The smallest absolute Gasteiger partial charge is 0.222 e. The fraction of sp³-hybridized carbons (Fsp3) is 0.412. The quantitative estimate of drug-likeness (QED) is 0.882. The molecule has 1 aliphatic rings. The summed E-state index contributed by atoms with van der Waals surface area (Å²) in [7, 11) is 0. The minimum Gasteiger partial charge on any atom is -0.508 e. The first kappa shape index (κ1) is 13.9. The number of hydrogen-bond acceptors (Lipinski definition) is 4. The zero-order valence-corrected chi connectivity index (χ0v) is 12.1. The lowest BCUT2D eigenvalue weighted by Gasteiger charge is -2.10. The molecule has 2 N–H and O–H groups in total. The Morgan fingerprint density at radius 1 is 1.10 bits per heavy atom. The predicted molar refractivity (Wildman–Crippen MR) is 83.5 cm³/mol. The largest absolute Gasteiger partial charge is 0.508 e. The molecule has 0 radical (unpaired) electrons. The molecule has 2 aromatic rings. The van der Waals surface area contributed by atoms with E-state index in [0.29, 0.717) is 11.7 Å². The Kier molecular flexibility index (Phi) is 4.34. The molecule has 0 aliphatic heterocycles. The van der Waals surface area contributed by atoms with Crippen LogP contribution in [0.1, 0.15) is 42.9 Å². The Morgan fingerprint density at radius 2 is 1.86 bits per heavy atom. The maximum atomic E-state index is 9.26. The average Bonchev–Trinajstić information content (AvgIpc) is 3.04. The molecule has 4 heteroatoms. The fourth-order valence-electron chi connectivity index (χ4n) is 2.89. The van der Waals surface area contributed by atoms with Gasteiger partial charge in [0.25, 0.3) is 0 Å². The monoisotopic (exact) mass is 283 g/mol. The van der Waals surface area contributed by atoms with Crippen LogP contribution in [0.2, 0.25) is 0 Å². The molecule has 0 bridgehead atoms. The van der Waals surface area contributed by atoms with E-state index < -0.39 is 0 Å². The molecule has 0 spiro atoms. The van der Waals surface area contributed by atoms with Crippen LogP contribution in [0.5, 0.6) is 5.75 Å². The van der Waals surface area contributed by atoms with Crippen LogP contribution in [0.25, 0.3) is 0 Å². The number of aromatic nitrogens is 2. The van der Waals surface area contributed by atoms with Crippen molar-refractivity contribution >= 4 is 5.95 Å². The summed E-state index contributed by atoms with van der Waals surface area (Å²) in [5.74, 6) is 1.64. The van der Waals surface area contributed by atoms with Crippen molar-refractivity contribution in [2.75, 3.05) is 11.9 Å². The highest BCUT2D eigenvalue weighted by molar-refractivity contribution is 5.29. The molecule has 1 saturated carbocycles. The van der Waals surface area contributed by atoms with Crippen LogP contribution in [0.4, 0.5) is 5.95 Å². The molecular weight excluding hydrogens is 262 g/mol. The van der Waals surface area contributed by atoms with Gasteiger partial charge in [-0.05, 0) is 43.0 Å². The van der Waals surface area contributed by atoms with Crippen molar-refractivity contribution in [2.45, 2.75) is 38.0 Å². The van der Waals surface area contributed by atoms with Gasteiger partial charge in [-0.15, -0.1) is 0 Å². The van der Waals surface area contributed by atoms with E-state index in [-0.39, 0.29) is 0 Å². The molecule has 1 aliphatic carbocycles. The molecular formula is C17H21N3O. The van der Waals surface area contributed by atoms with E-state index >= 15 is 0 Å². The minimum atomic E-state index is 0.305. The summed E-state index contributed by atoms with van der Waals surface area (Å²) in [4.78, 5) is 8.93. The molecule has 0 atom stereocenters. The number of anilines is 1. The molecule has 1 aromatic heterocycles. The Balaban J connectivity index is 1.55. The highest BCUT2D eigenvalue weighted by atomic mass is 16.3. The second-order valence-electron chi connectivity index (χ2n) is 5.63. The third-order valence-corrected chi connectivity index (χ3v) is 4.08. The van der Waals surface area contributed by atoms with E-state index in [2.05, 4.69) is 15.3 Å². The molecule has 3 rings (SSSR count). The molecule has 1 aromatic carbocycles. The van der Waals surface area contributed by atoms with Gasteiger partial charge in [0, 0.05) is 24.4 Å². The lowest BCUT2D eigenvalue weighted by Crippen LogP contribution is -2.09. The van der Waals surface area contributed by atoms with Crippen LogP contribution >= 0.6 is 0 Å². The lowest BCUT2D eigenvalue weighted by molar-refractivity contribution is 0.475. The van der Waals surface area contributed by atoms with E-state index in [1.54, 1.807) is 12.1 Å². The molecule has 1 heterocycles. The van der Waals surface area contributed by atoms with Gasteiger partial charge in [0.15, 0.2) is 0 Å². The SMILES string of the molecule is Oc1ccc(CCNc2nccc(C3CCCC3)n2)cc1. The van der Waals surface area contributed by atoms with Crippen LogP contribution in [0.15, 0.2) is 36.5 Å². The first-order chi connectivity index (χ1) is 10.3. The molecule has 0 amide bonds. The molecule has 110 valence electrons. The maximum Gasteiger partial charge on any atom is 0.222 e. The number of rotatable bonds is 5. The van der Waals surface area contributed by atoms with E-state index in [1.165, 1.54) is 36.9 Å². The van der Waals surface area contributed by atoms with Crippen molar-refractivity contribution < 1.29 is 5.11 Å². The normalized spacial score (nSPS) is 15.2. The summed E-state index contributed by atoms with van der Waals surface area (Å²) >= 11 is 0. The highest BCUT2D eigenvalue weighted by Crippen LogP contribution is 2.32. The highest BCUT2D eigenvalue weighted by Gasteiger charge is 2.18. The second kappa shape index (κ2) is 6.57. The van der Waals surface area contributed by atoms with Crippen molar-refractivity contribution in [3.05, 3.63) is 47.8 Å². The number of phenols is 1. The zero-order valence-electron chi connectivity index (χ0n) is 12.1. The summed E-state index contributed by atoms with van der Waals surface area (Å²) < 4.78 is 0. The predicted octanol–water partition coefficient (Wildman–Crippen LogP) is 3.49. The zero-order chi connectivity index (χ0) is 14.5. The second-order valence-corrected chi connectivity index (χ2v) is 5.63. The van der Waals surface area contributed by atoms with E-state index in [0.717, 1.165) is 18.9 Å². The number of nitrogens with zero attached hydrogens (tertiary/aromatic N) is 2. The summed E-state index contributed by atoms with van der Waals surface area (Å²) in [6.07, 6.45) is 7.88. The van der Waals surface area contributed by atoms with Crippen molar-refractivity contribution in [1.29, 1.82) is 0 Å². The van der Waals surface area contributed by atoms with E-state index in [1.807, 2.05) is 24.4 Å². The van der Waals surface area contributed by atoms with Gasteiger partial charge in [-0.3, -0.25) is 0 Å². The van der Waals surface area contributed by atoms with Crippen molar-refractivity contribution in [3.8, 4) is 5.75 Å². The summed E-state index contributed by atoms with van der Waals surface area (Å²) in [6, 6.07) is 9.35. The van der Waals surface area contributed by atoms with E-state index in [9.17, 15) is 5.11 Å². The Hall–Kier alpha value is -2.10. The molecule has 21 heavy (non-hydrogen) atoms. The Bertz CT molecular complexity index is 577. The summed E-state index contributed by atoms with van der Waals surface area (Å²) in [6.45, 7) is 0.791. The fourth-order valence-corrected chi connectivity index (χ4v) is 2.89. The van der Waals surface area contributed by atoms with Gasteiger partial charge in [0.1, 0.15) is 5.75 Å². The van der Waals surface area contributed by atoms with E-state index in [4.69, 9.17) is 0 Å². The third kappa shape index (κ3) is 3.72. The van der Waals surface area contributed by atoms with Crippen molar-refractivity contribution in [1.82, 2.24) is 9.97 Å². The number of aromatic hydroxyl groups is 1. The van der Waals surface area contributed by atoms with Gasteiger partial charge in [-0.25, -0.2) is 9.97 Å². The third-order valence-electron chi connectivity index (χ3n) is 4.08. The van der Waals surface area contributed by atoms with Gasteiger partial charge in [0.05, 0.1) is 0 Å². The number of benzene rings is 1. The number of hydrogen-bond donors (Lipinski definition) is 2. The van der Waals surface area contributed by atoms with Crippen molar-refractivity contribution in [3.63, 3.8) is 0 Å². The summed E-state index contributed by atoms with van der Waals surface area (Å²) in [5.41, 5.74) is 2.36. The number of nitrogens with one attached hydrogen (secondary N) is 1. The van der Waals surface area contributed by atoms with Crippen LogP contribution in [-0.2, 0) is 6.42 Å². The molecule has 0 unspecified atom stereocenters. The van der Waals surface area contributed by atoms with Crippen LogP contribution in [0.3, 0.4) is 0 Å². The van der Waals surface area contributed by atoms with Crippen LogP contribution < -0.4 is 5.32 Å². The van der Waals surface area contributed by atoms with Gasteiger partial charge < -0.3 is 10.4 Å². The van der Waals surface area contributed by atoms with Gasteiger partial charge in [-0.1, -0.05) is 25.0 Å². The molecule has 1 fully saturated rings. The summed E-state index contributed by atoms with van der Waals surface area (Å²) in [5, 5.41) is 12.5. The average molecular weight is 283 g/mol. The molecule has 4 nitrogen and oxygen atoms in total. The topological polar surface area (TPSA) is 58.0 Å². The first-order valence-corrected chi connectivity index (χ1v) is 7.66.